The first-order valence-corrected chi connectivity index (χ1v) is 13.3. The number of ether oxygens (including phenoxy) is 2. The first kappa shape index (κ1) is 23.3. The molecular formula is C24H27N7O2S2. The molecule has 5 rings (SSSR count). The summed E-state index contributed by atoms with van der Waals surface area (Å²) in [5.41, 5.74) is 3.88. The minimum Gasteiger partial charge on any atom is -0.494 e. The lowest BCUT2D eigenvalue weighted by Gasteiger charge is -2.13. The van der Waals surface area contributed by atoms with Crippen LogP contribution in [0.2, 0.25) is 0 Å². The molecule has 1 aliphatic rings. The molecule has 4 aromatic rings. The molecule has 0 fully saturated rings. The fourth-order valence-electron chi connectivity index (χ4n) is 3.55. The summed E-state index contributed by atoms with van der Waals surface area (Å²) in [5, 5.41) is 16.0. The van der Waals surface area contributed by atoms with Gasteiger partial charge in [0, 0.05) is 37.1 Å². The van der Waals surface area contributed by atoms with Crippen LogP contribution in [0, 0.1) is 0 Å². The highest BCUT2D eigenvalue weighted by molar-refractivity contribution is 7.14. The molecule has 3 aromatic heterocycles. The van der Waals surface area contributed by atoms with Crippen LogP contribution in [0.3, 0.4) is 0 Å². The normalized spacial score (nSPS) is 13.2. The van der Waals surface area contributed by atoms with Gasteiger partial charge in [0.1, 0.15) is 23.7 Å². The first-order valence-electron chi connectivity index (χ1n) is 11.5. The van der Waals surface area contributed by atoms with Gasteiger partial charge in [-0.1, -0.05) is 23.5 Å². The summed E-state index contributed by atoms with van der Waals surface area (Å²) >= 11 is 3.00. The molecule has 0 bridgehead atoms. The van der Waals surface area contributed by atoms with Gasteiger partial charge < -0.3 is 20.1 Å². The number of aryl methyl sites for hydroxylation is 2. The standard InChI is InChI=1S/C24H27N7O2S2/c1-31-13-18(12-27-31)6-3-10-32-19-7-2-5-17(11-19)14-33-24-29-21(16-35-24)20-15-34-23(28-20)30-22-25-8-4-9-26-22/h2,5,7,11-13,15-16H,3-4,6,8-10,14H2,1H3,(H2,25,26,28,30). The summed E-state index contributed by atoms with van der Waals surface area (Å²) in [6.07, 6.45) is 6.88. The number of guanidine groups is 1. The molecule has 9 nitrogen and oxygen atoms in total. The number of rotatable bonds is 10. The minimum absolute atomic E-state index is 0.426. The van der Waals surface area contributed by atoms with Crippen molar-refractivity contribution in [3.63, 3.8) is 0 Å². The number of anilines is 1. The maximum Gasteiger partial charge on any atom is 0.274 e. The monoisotopic (exact) mass is 509 g/mol. The lowest BCUT2D eigenvalue weighted by molar-refractivity contribution is 0.297. The van der Waals surface area contributed by atoms with Gasteiger partial charge in [0.2, 0.25) is 0 Å². The maximum atomic E-state index is 5.94. The molecular weight excluding hydrogens is 482 g/mol. The van der Waals surface area contributed by atoms with Gasteiger partial charge in [0.05, 0.1) is 12.8 Å². The molecule has 4 heterocycles. The van der Waals surface area contributed by atoms with Crippen LogP contribution in [-0.2, 0) is 20.1 Å². The van der Waals surface area contributed by atoms with Gasteiger partial charge in [-0.05, 0) is 42.5 Å². The lowest BCUT2D eigenvalue weighted by atomic mass is 10.2. The number of hydrogen-bond acceptors (Lipinski definition) is 10. The molecule has 0 saturated carbocycles. The van der Waals surface area contributed by atoms with Gasteiger partial charge in [-0.15, -0.1) is 11.3 Å². The number of aliphatic imine (C=N–C) groups is 1. The summed E-state index contributed by atoms with van der Waals surface area (Å²) in [4.78, 5) is 13.6. The Bertz CT molecular complexity index is 1280. The molecule has 0 unspecified atom stereocenters. The van der Waals surface area contributed by atoms with Crippen molar-refractivity contribution in [1.29, 1.82) is 0 Å². The van der Waals surface area contributed by atoms with Crippen molar-refractivity contribution in [2.75, 3.05) is 25.0 Å². The fourth-order valence-corrected chi connectivity index (χ4v) is 4.91. The van der Waals surface area contributed by atoms with Crippen LogP contribution in [-0.4, -0.2) is 45.4 Å². The van der Waals surface area contributed by atoms with E-state index in [9.17, 15) is 0 Å². The second kappa shape index (κ2) is 11.3. The highest BCUT2D eigenvalue weighted by atomic mass is 32.1. The Morgan fingerprint density at radius 1 is 1.11 bits per heavy atom. The Balaban J connectivity index is 1.10. The Morgan fingerprint density at radius 3 is 2.89 bits per heavy atom. The zero-order chi connectivity index (χ0) is 23.9. The Kier molecular flexibility index (Phi) is 7.54. The third kappa shape index (κ3) is 6.58. The van der Waals surface area contributed by atoms with E-state index in [-0.39, 0.29) is 0 Å². The van der Waals surface area contributed by atoms with Gasteiger partial charge >= 0.3 is 0 Å². The van der Waals surface area contributed by atoms with E-state index in [0.717, 1.165) is 66.1 Å². The highest BCUT2D eigenvalue weighted by Gasteiger charge is 2.12. The average molecular weight is 510 g/mol. The molecule has 0 radical (unpaired) electrons. The van der Waals surface area contributed by atoms with Crippen molar-refractivity contribution < 1.29 is 9.47 Å². The quantitative estimate of drug-likeness (QED) is 0.307. The van der Waals surface area contributed by atoms with Gasteiger partial charge in [-0.2, -0.15) is 5.10 Å². The molecule has 182 valence electrons. The van der Waals surface area contributed by atoms with E-state index in [1.54, 1.807) is 0 Å². The van der Waals surface area contributed by atoms with Crippen molar-refractivity contribution in [3.8, 4) is 22.3 Å². The number of nitrogens with zero attached hydrogens (tertiary/aromatic N) is 5. The minimum atomic E-state index is 0.426. The molecule has 11 heteroatoms. The zero-order valence-corrected chi connectivity index (χ0v) is 21.1. The van der Waals surface area contributed by atoms with E-state index < -0.39 is 0 Å². The van der Waals surface area contributed by atoms with Gasteiger partial charge in [0.15, 0.2) is 11.1 Å². The molecule has 1 aliphatic heterocycles. The van der Waals surface area contributed by atoms with Crippen LogP contribution in [0.5, 0.6) is 10.9 Å². The molecule has 2 N–H and O–H groups in total. The Hall–Kier alpha value is -3.44. The van der Waals surface area contributed by atoms with Crippen LogP contribution in [0.15, 0.2) is 52.4 Å². The molecule has 35 heavy (non-hydrogen) atoms. The van der Waals surface area contributed by atoms with Crippen LogP contribution in [0.4, 0.5) is 5.13 Å². The summed E-state index contributed by atoms with van der Waals surface area (Å²) in [6, 6.07) is 7.99. The van der Waals surface area contributed by atoms with E-state index in [4.69, 9.17) is 9.47 Å². The SMILES string of the molecule is Cn1cc(CCCOc2cccc(COc3nc(-c4csc(NC5=NCCCN5)n4)cs3)c2)cn1. The van der Waals surface area contributed by atoms with E-state index >= 15 is 0 Å². The van der Waals surface area contributed by atoms with Gasteiger partial charge in [-0.25, -0.2) is 9.97 Å². The number of aromatic nitrogens is 4. The van der Waals surface area contributed by atoms with Crippen LogP contribution >= 0.6 is 22.7 Å². The van der Waals surface area contributed by atoms with Crippen molar-refractivity contribution in [2.45, 2.75) is 25.9 Å². The average Bonchev–Trinajstić information content (AvgIpc) is 3.63. The lowest BCUT2D eigenvalue weighted by Crippen LogP contribution is -2.35. The summed E-state index contributed by atoms with van der Waals surface area (Å²) in [5.74, 6) is 1.62. The molecule has 0 aliphatic carbocycles. The molecule has 0 saturated heterocycles. The predicted octanol–water partition coefficient (Wildman–Crippen LogP) is 4.35. The first-order chi connectivity index (χ1) is 17.2. The van der Waals surface area contributed by atoms with Crippen LogP contribution < -0.4 is 20.1 Å². The second-order valence-electron chi connectivity index (χ2n) is 8.08. The predicted molar refractivity (Wildman–Crippen MR) is 140 cm³/mol. The number of thiazole rings is 2. The molecule has 0 amide bonds. The molecule has 1 aromatic carbocycles. The van der Waals surface area contributed by atoms with E-state index in [0.29, 0.717) is 18.4 Å². The topological polar surface area (TPSA) is 98.5 Å². The molecule has 0 spiro atoms. The van der Waals surface area contributed by atoms with Crippen molar-refractivity contribution in [1.82, 2.24) is 25.1 Å². The third-order valence-corrected chi connectivity index (χ3v) is 6.78. The second-order valence-corrected chi connectivity index (χ2v) is 9.76. The Labute approximate surface area is 211 Å². The maximum absolute atomic E-state index is 5.94. The number of hydrogen-bond donors (Lipinski definition) is 2. The number of nitrogens with one attached hydrogen (secondary N) is 2. The van der Waals surface area contributed by atoms with Crippen LogP contribution in [0.1, 0.15) is 24.0 Å². The summed E-state index contributed by atoms with van der Waals surface area (Å²) < 4.78 is 13.7. The van der Waals surface area contributed by atoms with Crippen molar-refractivity contribution in [3.05, 3.63) is 58.5 Å². The van der Waals surface area contributed by atoms with E-state index in [1.165, 1.54) is 28.2 Å². The Morgan fingerprint density at radius 2 is 2.03 bits per heavy atom. The van der Waals surface area contributed by atoms with Gasteiger partial charge in [-0.3, -0.25) is 9.67 Å². The largest absolute Gasteiger partial charge is 0.494 e. The van der Waals surface area contributed by atoms with Crippen LogP contribution in [0.25, 0.3) is 11.4 Å². The fraction of sp³-hybridized carbons (Fsp3) is 0.333. The summed E-state index contributed by atoms with van der Waals surface area (Å²) in [6.45, 7) is 2.85. The highest BCUT2D eigenvalue weighted by Crippen LogP contribution is 2.29. The van der Waals surface area contributed by atoms with E-state index in [2.05, 4.69) is 30.7 Å². The van der Waals surface area contributed by atoms with Crippen molar-refractivity contribution >= 4 is 33.8 Å². The number of benzene rings is 1. The zero-order valence-electron chi connectivity index (χ0n) is 19.4. The van der Waals surface area contributed by atoms with Crippen molar-refractivity contribution in [2.24, 2.45) is 12.0 Å². The van der Waals surface area contributed by atoms with Gasteiger partial charge in [0.25, 0.3) is 5.19 Å². The molecule has 0 atom stereocenters. The third-order valence-electron chi connectivity index (χ3n) is 5.27. The van der Waals surface area contributed by atoms with E-state index in [1.807, 2.05) is 59.1 Å². The summed E-state index contributed by atoms with van der Waals surface area (Å²) in [7, 11) is 1.93. The smallest absolute Gasteiger partial charge is 0.274 e.